The lowest BCUT2D eigenvalue weighted by Gasteiger charge is -2.22. The topological polar surface area (TPSA) is 97.3 Å². The number of hydrogen-bond donors (Lipinski definition) is 1. The van der Waals surface area contributed by atoms with Crippen LogP contribution in [0.25, 0.3) is 0 Å². The average molecular weight is 700 g/mol. The molecule has 0 saturated carbocycles. The van der Waals surface area contributed by atoms with Crippen molar-refractivity contribution in [1.82, 2.24) is 9.73 Å². The largest absolute Gasteiger partial charge is 0.490 e. The quantitative estimate of drug-likeness (QED) is 0.203. The maximum Gasteiger partial charge on any atom is 0.258 e. The lowest BCUT2D eigenvalue weighted by atomic mass is 10.2. The summed E-state index contributed by atoms with van der Waals surface area (Å²) >= 11 is 12.9. The first-order valence-corrected chi connectivity index (χ1v) is 15.5. The Morgan fingerprint density at radius 1 is 1.13 bits per heavy atom. The summed E-state index contributed by atoms with van der Waals surface area (Å²) in [5.74, 6) is 0.572. The van der Waals surface area contributed by atoms with Gasteiger partial charge in [0.2, 0.25) is 10.0 Å². The van der Waals surface area contributed by atoms with Gasteiger partial charge in [-0.25, -0.2) is 13.8 Å². The number of amides is 1. The molecule has 206 valence electrons. The normalized spacial score (nSPS) is 15.9. The molecule has 1 atom stereocenters. The van der Waals surface area contributed by atoms with E-state index in [4.69, 9.17) is 21.1 Å². The Morgan fingerprint density at radius 2 is 1.85 bits per heavy atom. The van der Waals surface area contributed by atoms with Crippen molar-refractivity contribution in [3.8, 4) is 11.5 Å². The Labute approximate surface area is 249 Å². The number of nitrogens with zero attached hydrogens (tertiary/aromatic N) is 2. The van der Waals surface area contributed by atoms with Gasteiger partial charge in [-0.1, -0.05) is 39.7 Å². The molecule has 0 spiro atoms. The van der Waals surface area contributed by atoms with Gasteiger partial charge in [0.25, 0.3) is 5.91 Å². The van der Waals surface area contributed by atoms with E-state index in [-0.39, 0.29) is 11.4 Å². The maximum atomic E-state index is 13.1. The van der Waals surface area contributed by atoms with Crippen molar-refractivity contribution < 1.29 is 22.7 Å². The molecule has 1 heterocycles. The van der Waals surface area contributed by atoms with Crippen LogP contribution in [0.3, 0.4) is 0 Å². The number of nitrogens with one attached hydrogen (secondary N) is 1. The lowest BCUT2D eigenvalue weighted by molar-refractivity contribution is -0.124. The van der Waals surface area contributed by atoms with E-state index < -0.39 is 22.0 Å². The van der Waals surface area contributed by atoms with Gasteiger partial charge in [-0.3, -0.25) is 4.79 Å². The smallest absolute Gasteiger partial charge is 0.258 e. The average Bonchev–Trinajstić information content (AvgIpc) is 3.41. The van der Waals surface area contributed by atoms with E-state index in [9.17, 15) is 13.2 Å². The molecule has 1 amide bonds. The molecule has 12 heteroatoms. The van der Waals surface area contributed by atoms with Crippen LogP contribution in [-0.2, 0) is 21.4 Å². The first-order chi connectivity index (χ1) is 18.7. The molecule has 3 aromatic rings. The van der Waals surface area contributed by atoms with Crippen molar-refractivity contribution in [3.63, 3.8) is 0 Å². The molecule has 8 nitrogen and oxygen atoms in total. The van der Waals surface area contributed by atoms with E-state index in [0.29, 0.717) is 52.6 Å². The van der Waals surface area contributed by atoms with E-state index in [0.717, 1.165) is 10.0 Å². The number of sulfonamides is 1. The van der Waals surface area contributed by atoms with Crippen molar-refractivity contribution in [2.24, 2.45) is 5.10 Å². The minimum Gasteiger partial charge on any atom is -0.490 e. The van der Waals surface area contributed by atoms with Crippen LogP contribution in [0, 0.1) is 0 Å². The van der Waals surface area contributed by atoms with Crippen molar-refractivity contribution in [2.75, 3.05) is 13.2 Å². The Bertz CT molecular complexity index is 1450. The predicted octanol–water partition coefficient (Wildman–Crippen LogP) is 6.15. The second-order valence-electron chi connectivity index (χ2n) is 8.64. The summed E-state index contributed by atoms with van der Waals surface area (Å²) in [4.78, 5) is 13.0. The fourth-order valence-corrected chi connectivity index (χ4v) is 6.70. The molecule has 3 aromatic carbocycles. The molecular formula is C27H26Br2ClN3O5S. The number of carbonyl (C=O) groups is 1. The third-order valence-electron chi connectivity index (χ3n) is 5.94. The zero-order chi connectivity index (χ0) is 28.0. The summed E-state index contributed by atoms with van der Waals surface area (Å²) in [5.41, 5.74) is 4.14. The number of ether oxygens (including phenoxy) is 2. The molecule has 0 unspecified atom stereocenters. The Kier molecular flexibility index (Phi) is 10.1. The minimum atomic E-state index is -3.85. The zero-order valence-electron chi connectivity index (χ0n) is 20.9. The van der Waals surface area contributed by atoms with Crippen molar-refractivity contribution in [1.29, 1.82) is 0 Å². The SMILES string of the molecule is CCOc1cc(/C=N\NC(=O)[C@@H]2CCCN2S(=O)(=O)c2ccc(Cl)cc2)cc(Br)c1OCc1ccc(Br)cc1. The highest BCUT2D eigenvalue weighted by Gasteiger charge is 2.39. The maximum absolute atomic E-state index is 13.1. The number of hydrogen-bond acceptors (Lipinski definition) is 6. The van der Waals surface area contributed by atoms with Crippen LogP contribution in [0.2, 0.25) is 5.02 Å². The van der Waals surface area contributed by atoms with Crippen molar-refractivity contribution >= 4 is 65.6 Å². The predicted molar refractivity (Wildman–Crippen MR) is 158 cm³/mol. The van der Waals surface area contributed by atoms with E-state index in [1.54, 1.807) is 12.1 Å². The number of benzene rings is 3. The highest BCUT2D eigenvalue weighted by atomic mass is 79.9. The first kappa shape index (κ1) is 29.5. The van der Waals surface area contributed by atoms with Crippen LogP contribution in [0.4, 0.5) is 0 Å². The van der Waals surface area contributed by atoms with E-state index in [2.05, 4.69) is 42.4 Å². The zero-order valence-corrected chi connectivity index (χ0v) is 25.7. The van der Waals surface area contributed by atoms with Gasteiger partial charge in [0.1, 0.15) is 12.6 Å². The molecule has 39 heavy (non-hydrogen) atoms. The number of halogens is 3. The first-order valence-electron chi connectivity index (χ1n) is 12.1. The Balaban J connectivity index is 1.44. The number of hydrazone groups is 1. The van der Waals surface area contributed by atoms with Crippen LogP contribution in [-0.4, -0.2) is 44.0 Å². The summed E-state index contributed by atoms with van der Waals surface area (Å²) < 4.78 is 40.9. The van der Waals surface area contributed by atoms with Crippen LogP contribution in [0.5, 0.6) is 11.5 Å². The molecule has 1 N–H and O–H groups in total. The van der Waals surface area contributed by atoms with Gasteiger partial charge >= 0.3 is 0 Å². The van der Waals surface area contributed by atoms with E-state index in [1.807, 2.05) is 31.2 Å². The molecular weight excluding hydrogens is 674 g/mol. The molecule has 1 saturated heterocycles. The minimum absolute atomic E-state index is 0.0887. The molecule has 4 rings (SSSR count). The second-order valence-corrected chi connectivity index (χ2v) is 12.7. The lowest BCUT2D eigenvalue weighted by Crippen LogP contribution is -2.44. The second kappa shape index (κ2) is 13.3. The van der Waals surface area contributed by atoms with E-state index in [1.165, 1.54) is 34.8 Å². The number of carbonyl (C=O) groups excluding carboxylic acids is 1. The Hall–Kier alpha value is -2.44. The third kappa shape index (κ3) is 7.40. The number of rotatable bonds is 10. The summed E-state index contributed by atoms with van der Waals surface area (Å²) in [5, 5.41) is 4.51. The standard InChI is InChI=1S/C27H26Br2ClN3O5S/c1-2-37-25-15-19(14-23(29)26(25)38-17-18-5-7-20(28)8-6-18)16-31-32-27(34)24-4-3-13-33(24)39(35,36)22-11-9-21(30)10-12-22/h5-12,14-16,24H,2-4,13,17H2,1H3,(H,32,34)/b31-16-/t24-/m0/s1. The Morgan fingerprint density at radius 3 is 2.54 bits per heavy atom. The molecule has 1 aliphatic heterocycles. The molecule has 0 aromatic heterocycles. The molecule has 1 fully saturated rings. The van der Waals surface area contributed by atoms with Gasteiger partial charge in [0.05, 0.1) is 22.2 Å². The highest BCUT2D eigenvalue weighted by molar-refractivity contribution is 9.10. The summed E-state index contributed by atoms with van der Waals surface area (Å²) in [7, 11) is -3.85. The van der Waals surface area contributed by atoms with Crippen molar-refractivity contribution in [2.45, 2.75) is 37.3 Å². The van der Waals surface area contributed by atoms with Crippen LogP contribution >= 0.6 is 43.5 Å². The summed E-state index contributed by atoms with van der Waals surface area (Å²) in [6.45, 7) is 2.91. The fraction of sp³-hybridized carbons (Fsp3) is 0.259. The summed E-state index contributed by atoms with van der Waals surface area (Å²) in [6, 6.07) is 16.4. The fourth-order valence-electron chi connectivity index (χ4n) is 4.08. The van der Waals surface area contributed by atoms with Crippen LogP contribution < -0.4 is 14.9 Å². The van der Waals surface area contributed by atoms with Gasteiger partial charge in [-0.05, 0) is 95.4 Å². The van der Waals surface area contributed by atoms with Gasteiger partial charge in [-0.2, -0.15) is 9.41 Å². The van der Waals surface area contributed by atoms with Crippen LogP contribution in [0.15, 0.2) is 79.6 Å². The van der Waals surface area contributed by atoms with Gasteiger partial charge in [0.15, 0.2) is 11.5 Å². The molecule has 0 aliphatic carbocycles. The van der Waals surface area contributed by atoms with E-state index >= 15 is 0 Å². The molecule has 0 bridgehead atoms. The summed E-state index contributed by atoms with van der Waals surface area (Å²) in [6.07, 6.45) is 2.44. The van der Waals surface area contributed by atoms with Crippen molar-refractivity contribution in [3.05, 3.63) is 85.8 Å². The van der Waals surface area contributed by atoms with Crippen LogP contribution in [0.1, 0.15) is 30.9 Å². The molecule has 0 radical (unpaired) electrons. The monoisotopic (exact) mass is 697 g/mol. The van der Waals surface area contributed by atoms with Gasteiger partial charge < -0.3 is 9.47 Å². The molecule has 1 aliphatic rings. The van der Waals surface area contributed by atoms with Gasteiger partial charge in [0, 0.05) is 16.0 Å². The van der Waals surface area contributed by atoms with Gasteiger partial charge in [-0.15, -0.1) is 0 Å². The third-order valence-corrected chi connectivity index (χ3v) is 9.24. The highest BCUT2D eigenvalue weighted by Crippen LogP contribution is 2.37.